The third-order valence-electron chi connectivity index (χ3n) is 8.15. The molecule has 0 saturated heterocycles. The second-order valence-electron chi connectivity index (χ2n) is 10.7. The van der Waals surface area contributed by atoms with Gasteiger partial charge < -0.3 is 9.32 Å². The molecule has 0 saturated carbocycles. The van der Waals surface area contributed by atoms with E-state index in [9.17, 15) is 0 Å². The Hall–Kier alpha value is -5.74. The first kappa shape index (κ1) is 25.0. The fourth-order valence-corrected chi connectivity index (χ4v) is 6.15. The van der Waals surface area contributed by atoms with Gasteiger partial charge in [0.1, 0.15) is 0 Å². The van der Waals surface area contributed by atoms with Crippen LogP contribution in [0.2, 0.25) is 0 Å². The van der Waals surface area contributed by atoms with Crippen LogP contribution in [-0.4, -0.2) is 10.2 Å². The zero-order chi connectivity index (χ0) is 28.6. The van der Waals surface area contributed by atoms with Crippen LogP contribution >= 0.6 is 0 Å². The number of fused-ring (bicyclic) bond motifs is 3. The molecule has 204 valence electrons. The molecule has 8 rings (SSSR count). The number of para-hydroxylation sites is 1. The van der Waals surface area contributed by atoms with Crippen molar-refractivity contribution in [3.63, 3.8) is 0 Å². The highest BCUT2D eigenvalue weighted by Crippen LogP contribution is 2.48. The number of nitrogens with zero attached hydrogens (tertiary/aromatic N) is 3. The first-order chi connectivity index (χ1) is 21.3. The zero-order valence-corrected chi connectivity index (χ0v) is 23.3. The quantitative estimate of drug-likeness (QED) is 0.205. The van der Waals surface area contributed by atoms with Crippen LogP contribution in [0.3, 0.4) is 0 Å². The number of aromatic nitrogens is 2. The maximum absolute atomic E-state index is 6.00. The van der Waals surface area contributed by atoms with Crippen molar-refractivity contribution in [3.05, 3.63) is 174 Å². The van der Waals surface area contributed by atoms with Crippen molar-refractivity contribution < 1.29 is 4.42 Å². The minimum atomic E-state index is 0.223. The van der Waals surface area contributed by atoms with E-state index in [1.165, 1.54) is 27.8 Å². The summed E-state index contributed by atoms with van der Waals surface area (Å²) in [5.41, 5.74) is 11.7. The minimum Gasteiger partial charge on any atom is -0.416 e. The monoisotopic (exact) mass is 553 g/mol. The summed E-state index contributed by atoms with van der Waals surface area (Å²) in [5.74, 6) is 1.23. The van der Waals surface area contributed by atoms with E-state index in [0.29, 0.717) is 11.8 Å². The molecule has 43 heavy (non-hydrogen) atoms. The second-order valence-corrected chi connectivity index (χ2v) is 10.7. The molecule has 0 spiro atoms. The van der Waals surface area contributed by atoms with Crippen molar-refractivity contribution >= 4 is 17.1 Å². The van der Waals surface area contributed by atoms with Gasteiger partial charge in [0.25, 0.3) is 0 Å². The maximum Gasteiger partial charge on any atom is 0.248 e. The van der Waals surface area contributed by atoms with Crippen LogP contribution in [0.4, 0.5) is 17.1 Å². The van der Waals surface area contributed by atoms with E-state index in [2.05, 4.69) is 124 Å². The maximum atomic E-state index is 6.00. The molecule has 4 heteroatoms. The smallest absolute Gasteiger partial charge is 0.248 e. The molecular formula is C39H27N3O. The van der Waals surface area contributed by atoms with E-state index in [0.717, 1.165) is 28.2 Å². The summed E-state index contributed by atoms with van der Waals surface area (Å²) in [5, 5.41) is 8.56. The van der Waals surface area contributed by atoms with E-state index < -0.39 is 0 Å². The summed E-state index contributed by atoms with van der Waals surface area (Å²) in [4.78, 5) is 2.27. The molecule has 1 aromatic heterocycles. The molecule has 1 aliphatic carbocycles. The summed E-state index contributed by atoms with van der Waals surface area (Å²) in [6.45, 7) is 0. The number of benzene rings is 6. The summed E-state index contributed by atoms with van der Waals surface area (Å²) >= 11 is 0. The summed E-state index contributed by atoms with van der Waals surface area (Å²) < 4.78 is 6.00. The van der Waals surface area contributed by atoms with E-state index >= 15 is 0 Å². The third kappa shape index (κ3) is 4.50. The molecule has 0 fully saturated rings. The van der Waals surface area contributed by atoms with Gasteiger partial charge in [-0.05, 0) is 88.5 Å². The van der Waals surface area contributed by atoms with E-state index in [-0.39, 0.29) is 5.92 Å². The average molecular weight is 554 g/mol. The van der Waals surface area contributed by atoms with Crippen LogP contribution < -0.4 is 4.90 Å². The molecule has 0 radical (unpaired) electrons. The lowest BCUT2D eigenvalue weighted by Gasteiger charge is -2.26. The molecule has 7 aromatic rings. The third-order valence-corrected chi connectivity index (χ3v) is 8.15. The van der Waals surface area contributed by atoms with Crippen molar-refractivity contribution in [2.75, 3.05) is 4.90 Å². The number of hydrogen-bond acceptors (Lipinski definition) is 4. The fourth-order valence-electron chi connectivity index (χ4n) is 6.15. The van der Waals surface area contributed by atoms with Crippen molar-refractivity contribution in [1.82, 2.24) is 10.2 Å². The van der Waals surface area contributed by atoms with Crippen molar-refractivity contribution in [1.29, 1.82) is 0 Å². The summed E-state index contributed by atoms with van der Waals surface area (Å²) in [6, 6.07) is 55.1. The highest BCUT2D eigenvalue weighted by molar-refractivity contribution is 5.82. The first-order valence-corrected chi connectivity index (χ1v) is 14.5. The Bertz CT molecular complexity index is 1970. The van der Waals surface area contributed by atoms with E-state index in [1.807, 2.05) is 48.5 Å². The second kappa shape index (κ2) is 10.6. The standard InChI is InChI=1S/C39H27N3O/c1-3-11-28(12-4-1)38-40-41-39(43-38)29-21-25-32(26-22-29)42(30-13-5-2-6-14-30)31-23-19-27(20-24-31)37-35-17-9-7-15-33(35)34-16-8-10-18-36(34)37/h1-26,37H. The molecule has 1 aliphatic rings. The van der Waals surface area contributed by atoms with Crippen molar-refractivity contribution in [2.24, 2.45) is 0 Å². The Morgan fingerprint density at radius 1 is 0.419 bits per heavy atom. The Morgan fingerprint density at radius 3 is 1.44 bits per heavy atom. The van der Waals surface area contributed by atoms with Crippen LogP contribution in [0.1, 0.15) is 22.6 Å². The Kier molecular flexibility index (Phi) is 6.16. The largest absolute Gasteiger partial charge is 0.416 e. The van der Waals surface area contributed by atoms with Gasteiger partial charge in [0.2, 0.25) is 11.8 Å². The van der Waals surface area contributed by atoms with E-state index in [4.69, 9.17) is 4.42 Å². The SMILES string of the molecule is c1ccc(-c2nnc(-c3ccc(N(c4ccccc4)c4ccc(C5c6ccccc6-c6ccccc65)cc4)cc3)o2)cc1. The van der Waals surface area contributed by atoms with Crippen LogP contribution in [0.5, 0.6) is 0 Å². The van der Waals surface area contributed by atoms with Gasteiger partial charge in [-0.3, -0.25) is 0 Å². The highest BCUT2D eigenvalue weighted by Gasteiger charge is 2.29. The van der Waals surface area contributed by atoms with Gasteiger partial charge in [-0.15, -0.1) is 10.2 Å². The zero-order valence-electron chi connectivity index (χ0n) is 23.3. The van der Waals surface area contributed by atoms with Gasteiger partial charge in [0.15, 0.2) is 0 Å². The van der Waals surface area contributed by atoms with Crippen LogP contribution in [0, 0.1) is 0 Å². The van der Waals surface area contributed by atoms with Gasteiger partial charge >= 0.3 is 0 Å². The van der Waals surface area contributed by atoms with Gasteiger partial charge in [-0.25, -0.2) is 0 Å². The van der Waals surface area contributed by atoms with Crippen LogP contribution in [-0.2, 0) is 0 Å². The minimum absolute atomic E-state index is 0.223. The average Bonchev–Trinajstić information content (AvgIpc) is 3.71. The Balaban J connectivity index is 1.13. The lowest BCUT2D eigenvalue weighted by atomic mass is 9.89. The number of anilines is 3. The predicted octanol–water partition coefficient (Wildman–Crippen LogP) is 10.0. The topological polar surface area (TPSA) is 42.2 Å². The molecule has 0 unspecified atom stereocenters. The number of rotatable bonds is 6. The molecule has 0 N–H and O–H groups in total. The molecular weight excluding hydrogens is 526 g/mol. The molecule has 6 aromatic carbocycles. The lowest BCUT2D eigenvalue weighted by molar-refractivity contribution is 0.584. The molecule has 4 nitrogen and oxygen atoms in total. The molecule has 0 aliphatic heterocycles. The van der Waals surface area contributed by atoms with Crippen molar-refractivity contribution in [2.45, 2.75) is 5.92 Å². The highest BCUT2D eigenvalue weighted by atomic mass is 16.4. The molecule has 0 bridgehead atoms. The van der Waals surface area contributed by atoms with Crippen molar-refractivity contribution in [3.8, 4) is 34.0 Å². The van der Waals surface area contributed by atoms with E-state index in [1.54, 1.807) is 0 Å². The lowest BCUT2D eigenvalue weighted by Crippen LogP contribution is -2.10. The molecule has 1 heterocycles. The number of hydrogen-bond donors (Lipinski definition) is 0. The van der Waals surface area contributed by atoms with Gasteiger partial charge in [-0.2, -0.15) is 0 Å². The van der Waals surface area contributed by atoms with Gasteiger partial charge in [0.05, 0.1) is 0 Å². The first-order valence-electron chi connectivity index (χ1n) is 14.5. The summed E-state index contributed by atoms with van der Waals surface area (Å²) in [6.07, 6.45) is 0. The predicted molar refractivity (Wildman–Crippen MR) is 173 cm³/mol. The summed E-state index contributed by atoms with van der Waals surface area (Å²) in [7, 11) is 0. The van der Waals surface area contributed by atoms with Gasteiger partial charge in [0, 0.05) is 34.1 Å². The Labute approximate surface area is 250 Å². The molecule has 0 amide bonds. The Morgan fingerprint density at radius 2 is 0.860 bits per heavy atom. The normalized spacial score (nSPS) is 12.1. The fraction of sp³-hybridized carbons (Fsp3) is 0.0256. The van der Waals surface area contributed by atoms with Crippen LogP contribution in [0.15, 0.2) is 162 Å². The van der Waals surface area contributed by atoms with Gasteiger partial charge in [-0.1, -0.05) is 97.1 Å². The molecule has 0 atom stereocenters. The van der Waals surface area contributed by atoms with Crippen LogP contribution in [0.25, 0.3) is 34.0 Å².